The predicted molar refractivity (Wildman–Crippen MR) is 177 cm³/mol. The van der Waals surface area contributed by atoms with Gasteiger partial charge in [0.2, 0.25) is 0 Å². The summed E-state index contributed by atoms with van der Waals surface area (Å²) in [6, 6.07) is 0. The molecule has 8 nitrogen and oxygen atoms in total. The number of nitrogens with one attached hydrogen (secondary N) is 1. The van der Waals surface area contributed by atoms with Gasteiger partial charge in [-0.2, -0.15) is 0 Å². The highest BCUT2D eigenvalue weighted by Gasteiger charge is 2.85. The molecule has 8 aliphatic rings. The molecule has 2 saturated heterocycles. The van der Waals surface area contributed by atoms with Crippen LogP contribution < -0.4 is 5.32 Å². The normalized spacial score (nSPS) is 52.2. The van der Waals surface area contributed by atoms with E-state index >= 15 is 0 Å². The van der Waals surface area contributed by atoms with Gasteiger partial charge in [-0.05, 0) is 123 Å². The molecule has 2 spiro atoms. The van der Waals surface area contributed by atoms with Gasteiger partial charge in [-0.1, -0.05) is 34.6 Å². The van der Waals surface area contributed by atoms with Crippen molar-refractivity contribution in [3.63, 3.8) is 0 Å². The van der Waals surface area contributed by atoms with Crippen LogP contribution in [-0.2, 0) is 28.5 Å². The van der Waals surface area contributed by atoms with Crippen LogP contribution in [0, 0.1) is 56.7 Å². The van der Waals surface area contributed by atoms with Gasteiger partial charge in [-0.25, -0.2) is 0 Å². The summed E-state index contributed by atoms with van der Waals surface area (Å²) >= 11 is 0. The smallest absolute Gasteiger partial charge is 0.309 e. The minimum absolute atomic E-state index is 0.0195. The lowest BCUT2D eigenvalue weighted by atomic mass is 9.41. The van der Waals surface area contributed by atoms with Crippen LogP contribution in [0.25, 0.3) is 0 Å². The van der Waals surface area contributed by atoms with Crippen molar-refractivity contribution < 1.29 is 33.6 Å². The van der Waals surface area contributed by atoms with Crippen LogP contribution in [0.3, 0.4) is 0 Å². The Morgan fingerprint density at radius 1 is 1.00 bits per heavy atom. The van der Waals surface area contributed by atoms with E-state index in [1.165, 1.54) is 38.5 Å². The molecule has 0 amide bonds. The zero-order valence-corrected chi connectivity index (χ0v) is 30.4. The summed E-state index contributed by atoms with van der Waals surface area (Å²) in [4.78, 5) is 12.9. The zero-order valence-electron chi connectivity index (χ0n) is 30.4. The molecule has 2 N–H and O–H groups in total. The molecule has 0 aromatic heterocycles. The minimum Gasteiger partial charge on any atom is -0.456 e. The average Bonchev–Trinajstić information content (AvgIpc) is 3.93. The zero-order chi connectivity index (χ0) is 33.4. The van der Waals surface area contributed by atoms with E-state index < -0.39 is 11.7 Å². The largest absolute Gasteiger partial charge is 0.456 e. The van der Waals surface area contributed by atoms with E-state index in [1.807, 2.05) is 7.11 Å². The maximum Gasteiger partial charge on any atom is 0.309 e. The number of carbonyl (C=O) groups excluding carboxylic acids is 1. The van der Waals surface area contributed by atoms with Crippen molar-refractivity contribution in [3.05, 3.63) is 0 Å². The fourth-order valence-corrected chi connectivity index (χ4v) is 14.1. The molecular formula is C39H63NO7. The first-order valence-electron chi connectivity index (χ1n) is 19.2. The molecule has 8 fully saturated rings. The van der Waals surface area contributed by atoms with Gasteiger partial charge in [0.05, 0.1) is 42.5 Å². The molecule has 8 rings (SSSR count). The van der Waals surface area contributed by atoms with Crippen molar-refractivity contribution >= 4 is 5.97 Å². The number of hydrogen-bond donors (Lipinski definition) is 2. The lowest BCUT2D eigenvalue weighted by Gasteiger charge is -2.64. The summed E-state index contributed by atoms with van der Waals surface area (Å²) in [7, 11) is 1.90. The van der Waals surface area contributed by atoms with Crippen molar-refractivity contribution in [1.82, 2.24) is 5.32 Å². The van der Waals surface area contributed by atoms with E-state index in [0.717, 1.165) is 45.4 Å². The highest BCUT2D eigenvalue weighted by molar-refractivity contribution is 5.75. The van der Waals surface area contributed by atoms with Gasteiger partial charge in [0.1, 0.15) is 0 Å². The SMILES string of the molecule is COC1C2OC(C(OC(=O)C3CC3)C(C)(C)O)CC(C)C2C2(C)CCC34CC35CCC(OC3CNCCO3)C(C)(C)C5CCC4C12C. The van der Waals surface area contributed by atoms with Gasteiger partial charge >= 0.3 is 5.97 Å². The molecule has 6 aliphatic carbocycles. The Morgan fingerprint density at radius 3 is 2.38 bits per heavy atom. The highest BCUT2D eigenvalue weighted by Crippen LogP contribution is 2.89. The number of aliphatic hydroxyl groups is 1. The Balaban J connectivity index is 1.07. The number of fused-ring (bicyclic) bond motifs is 4. The monoisotopic (exact) mass is 657 g/mol. The first-order valence-corrected chi connectivity index (χ1v) is 19.2. The van der Waals surface area contributed by atoms with Crippen molar-refractivity contribution in [2.45, 2.75) is 155 Å². The van der Waals surface area contributed by atoms with E-state index in [2.05, 4.69) is 39.9 Å². The van der Waals surface area contributed by atoms with E-state index in [-0.39, 0.29) is 58.8 Å². The van der Waals surface area contributed by atoms with E-state index in [4.69, 9.17) is 23.7 Å². The Morgan fingerprint density at radius 2 is 1.72 bits per heavy atom. The molecule has 2 aliphatic heterocycles. The van der Waals surface area contributed by atoms with Gasteiger partial charge in [0.15, 0.2) is 12.4 Å². The molecule has 0 radical (unpaired) electrons. The third kappa shape index (κ3) is 4.55. The molecule has 14 unspecified atom stereocenters. The molecule has 0 aromatic carbocycles. The van der Waals surface area contributed by atoms with E-state index in [0.29, 0.717) is 34.5 Å². The van der Waals surface area contributed by atoms with Crippen molar-refractivity contribution in [2.24, 2.45) is 56.7 Å². The number of carbonyl (C=O) groups is 1. The third-order valence-electron chi connectivity index (χ3n) is 16.4. The fourth-order valence-electron chi connectivity index (χ4n) is 14.1. The lowest BCUT2D eigenvalue weighted by Crippen LogP contribution is -2.60. The summed E-state index contributed by atoms with van der Waals surface area (Å²) in [6.45, 7) is 18.5. The lowest BCUT2D eigenvalue weighted by molar-refractivity contribution is -0.238. The summed E-state index contributed by atoms with van der Waals surface area (Å²) in [5, 5.41) is 14.7. The van der Waals surface area contributed by atoms with Gasteiger partial charge < -0.3 is 34.1 Å². The average molecular weight is 658 g/mol. The molecule has 0 aromatic rings. The quantitative estimate of drug-likeness (QED) is 0.328. The van der Waals surface area contributed by atoms with Crippen LogP contribution in [-0.4, -0.2) is 80.3 Å². The summed E-state index contributed by atoms with van der Waals surface area (Å²) in [6.07, 6.45) is 10.2. The number of ether oxygens (including phenoxy) is 5. The van der Waals surface area contributed by atoms with E-state index in [9.17, 15) is 9.90 Å². The molecular weight excluding hydrogens is 594 g/mol. The molecule has 47 heavy (non-hydrogen) atoms. The standard InChI is InChI=1S/C39H63NO7/c1-22-19-24(31(35(4,5)42)47-33(41)23-9-10-23)45-30-29(22)36(6)15-16-39-21-38(39)14-13-27(46-28-20-40-17-18-44-28)34(2,3)25(38)11-12-26(39)37(36,7)32(30)43-8/h22-32,40,42H,9-21H2,1-8H3. The highest BCUT2D eigenvalue weighted by atomic mass is 16.7. The molecule has 6 saturated carbocycles. The number of esters is 1. The Bertz CT molecular complexity index is 1240. The Hall–Kier alpha value is -0.770. The van der Waals surface area contributed by atoms with Crippen LogP contribution in [0.4, 0.5) is 0 Å². The minimum atomic E-state index is -1.19. The van der Waals surface area contributed by atoms with Gasteiger partial charge in [-0.15, -0.1) is 0 Å². The first kappa shape index (κ1) is 33.4. The number of rotatable bonds is 7. The molecule has 2 heterocycles. The molecule has 0 bridgehead atoms. The second kappa shape index (κ2) is 10.9. The van der Waals surface area contributed by atoms with Crippen molar-refractivity contribution in [3.8, 4) is 0 Å². The van der Waals surface area contributed by atoms with Gasteiger partial charge in [-0.3, -0.25) is 4.79 Å². The summed E-state index contributed by atoms with van der Waals surface area (Å²) in [5.41, 5.74) is -0.279. The summed E-state index contributed by atoms with van der Waals surface area (Å²) < 4.78 is 32.6. The number of morpholine rings is 1. The van der Waals surface area contributed by atoms with Crippen molar-refractivity contribution in [1.29, 1.82) is 0 Å². The second-order valence-electron chi connectivity index (χ2n) is 19.2. The Labute approximate surface area is 283 Å². The van der Waals surface area contributed by atoms with Gasteiger partial charge in [0, 0.05) is 25.6 Å². The molecule has 266 valence electrons. The van der Waals surface area contributed by atoms with Gasteiger partial charge in [0.25, 0.3) is 0 Å². The number of methoxy groups -OCH3 is 1. The summed E-state index contributed by atoms with van der Waals surface area (Å²) in [5.74, 6) is 1.79. The van der Waals surface area contributed by atoms with Crippen LogP contribution in [0.15, 0.2) is 0 Å². The Kier molecular flexibility index (Phi) is 7.72. The van der Waals surface area contributed by atoms with Crippen LogP contribution in [0.1, 0.15) is 113 Å². The molecule has 14 atom stereocenters. The topological polar surface area (TPSA) is 95.5 Å². The van der Waals surface area contributed by atoms with Crippen LogP contribution in [0.2, 0.25) is 0 Å². The van der Waals surface area contributed by atoms with E-state index in [1.54, 1.807) is 13.8 Å². The predicted octanol–water partition coefficient (Wildman–Crippen LogP) is 5.88. The van der Waals surface area contributed by atoms with Crippen molar-refractivity contribution in [2.75, 3.05) is 26.8 Å². The second-order valence-corrected chi connectivity index (χ2v) is 19.2. The number of hydrogen-bond acceptors (Lipinski definition) is 8. The van der Waals surface area contributed by atoms with Crippen LogP contribution >= 0.6 is 0 Å². The maximum atomic E-state index is 12.9. The first-order chi connectivity index (χ1) is 22.1. The third-order valence-corrected chi connectivity index (χ3v) is 16.4. The fraction of sp³-hybridized carbons (Fsp3) is 0.974. The molecule has 8 heteroatoms. The maximum absolute atomic E-state index is 12.9. The van der Waals surface area contributed by atoms with Crippen LogP contribution in [0.5, 0.6) is 0 Å².